The lowest BCUT2D eigenvalue weighted by molar-refractivity contribution is -0.144. The zero-order valence-corrected chi connectivity index (χ0v) is 10.4. The van der Waals surface area contributed by atoms with Gasteiger partial charge in [0.1, 0.15) is 6.04 Å². The summed E-state index contributed by atoms with van der Waals surface area (Å²) in [5.74, 6) is 0.103. The van der Waals surface area contributed by atoms with Gasteiger partial charge in [0.05, 0.1) is 0 Å². The van der Waals surface area contributed by atoms with Gasteiger partial charge in [-0.05, 0) is 58.3 Å². The lowest BCUT2D eigenvalue weighted by atomic mass is 9.92. The Morgan fingerprint density at radius 1 is 1.50 bits per heavy atom. The van der Waals surface area contributed by atoms with Gasteiger partial charge < -0.3 is 10.4 Å². The van der Waals surface area contributed by atoms with E-state index in [9.17, 15) is 4.79 Å². The summed E-state index contributed by atoms with van der Waals surface area (Å²) >= 11 is 0. The Labute approximate surface area is 98.0 Å². The fourth-order valence-electron chi connectivity index (χ4n) is 2.49. The quantitative estimate of drug-likeness (QED) is 0.716. The van der Waals surface area contributed by atoms with Crippen molar-refractivity contribution < 1.29 is 9.90 Å². The molecule has 1 unspecified atom stereocenters. The first kappa shape index (κ1) is 13.5. The van der Waals surface area contributed by atoms with Crippen molar-refractivity contribution in [2.24, 2.45) is 5.92 Å². The van der Waals surface area contributed by atoms with Crippen molar-refractivity contribution in [1.29, 1.82) is 0 Å². The minimum atomic E-state index is -0.670. The maximum Gasteiger partial charge on any atom is 0.320 e. The molecule has 0 radical (unpaired) electrons. The van der Waals surface area contributed by atoms with Crippen molar-refractivity contribution in [2.45, 2.75) is 38.6 Å². The largest absolute Gasteiger partial charge is 0.480 e. The predicted molar refractivity (Wildman–Crippen MR) is 64.6 cm³/mol. The molecule has 1 aliphatic heterocycles. The normalized spacial score (nSPS) is 20.9. The highest BCUT2D eigenvalue weighted by molar-refractivity contribution is 5.73. The molecule has 1 rings (SSSR count). The Morgan fingerprint density at radius 3 is 2.56 bits per heavy atom. The van der Waals surface area contributed by atoms with E-state index in [1.807, 2.05) is 14.0 Å². The van der Waals surface area contributed by atoms with E-state index in [2.05, 4.69) is 10.2 Å². The second-order valence-electron chi connectivity index (χ2n) is 4.63. The number of carbonyl (C=O) groups is 1. The summed E-state index contributed by atoms with van der Waals surface area (Å²) in [4.78, 5) is 13.2. The fourth-order valence-corrected chi connectivity index (χ4v) is 2.49. The molecule has 16 heavy (non-hydrogen) atoms. The second kappa shape index (κ2) is 6.86. The van der Waals surface area contributed by atoms with Crippen molar-refractivity contribution in [2.75, 3.05) is 26.7 Å². The minimum absolute atomic E-state index is 0.273. The van der Waals surface area contributed by atoms with E-state index in [1.165, 1.54) is 6.42 Å². The zero-order chi connectivity index (χ0) is 12.0. The number of carboxylic acids is 1. The van der Waals surface area contributed by atoms with Crippen LogP contribution in [-0.4, -0.2) is 48.7 Å². The van der Waals surface area contributed by atoms with Crippen LogP contribution in [0.25, 0.3) is 0 Å². The van der Waals surface area contributed by atoms with E-state index in [4.69, 9.17) is 5.11 Å². The lowest BCUT2D eigenvalue weighted by Crippen LogP contribution is -2.45. The van der Waals surface area contributed by atoms with Crippen LogP contribution in [0.2, 0.25) is 0 Å². The van der Waals surface area contributed by atoms with Crippen LogP contribution in [0, 0.1) is 5.92 Å². The summed E-state index contributed by atoms with van der Waals surface area (Å²) in [6, 6.07) is -0.273. The van der Waals surface area contributed by atoms with Crippen molar-refractivity contribution in [3.8, 4) is 0 Å². The summed E-state index contributed by atoms with van der Waals surface area (Å²) in [5.41, 5.74) is 0. The highest BCUT2D eigenvalue weighted by Crippen LogP contribution is 2.22. The molecule has 0 spiro atoms. The molecule has 0 saturated carbocycles. The van der Waals surface area contributed by atoms with E-state index < -0.39 is 5.97 Å². The molecule has 94 valence electrons. The van der Waals surface area contributed by atoms with E-state index in [0.29, 0.717) is 6.42 Å². The molecular formula is C12H24N2O2. The van der Waals surface area contributed by atoms with Gasteiger partial charge in [0, 0.05) is 0 Å². The van der Waals surface area contributed by atoms with Crippen LogP contribution in [0.4, 0.5) is 0 Å². The molecule has 1 heterocycles. The standard InChI is InChI=1S/C12H24N2O2/c1-3-11(12(15)16)14-8-5-10(6-9-14)4-7-13-2/h10-11,13H,3-9H2,1-2H3,(H,15,16). The molecule has 0 amide bonds. The Kier molecular flexibility index (Phi) is 5.77. The summed E-state index contributed by atoms with van der Waals surface area (Å²) in [6.45, 7) is 4.91. The maximum atomic E-state index is 11.0. The second-order valence-corrected chi connectivity index (χ2v) is 4.63. The summed E-state index contributed by atoms with van der Waals surface area (Å²) in [7, 11) is 1.98. The minimum Gasteiger partial charge on any atom is -0.480 e. The topological polar surface area (TPSA) is 52.6 Å². The molecule has 1 fully saturated rings. The first-order valence-corrected chi connectivity index (χ1v) is 6.30. The number of aliphatic carboxylic acids is 1. The average Bonchev–Trinajstić information content (AvgIpc) is 2.28. The van der Waals surface area contributed by atoms with Gasteiger partial charge in [-0.1, -0.05) is 6.92 Å². The summed E-state index contributed by atoms with van der Waals surface area (Å²) < 4.78 is 0. The van der Waals surface area contributed by atoms with Gasteiger partial charge in [0.25, 0.3) is 0 Å². The fraction of sp³-hybridized carbons (Fsp3) is 0.917. The molecule has 0 aromatic rings. The number of carboxylic acid groups (broad SMARTS) is 1. The molecule has 4 heteroatoms. The number of piperidine rings is 1. The molecule has 0 aromatic carbocycles. The Balaban J connectivity index is 2.33. The van der Waals surface area contributed by atoms with Gasteiger partial charge in [-0.2, -0.15) is 0 Å². The van der Waals surface area contributed by atoms with Gasteiger partial charge in [-0.15, -0.1) is 0 Å². The van der Waals surface area contributed by atoms with Crippen LogP contribution in [-0.2, 0) is 4.79 Å². The smallest absolute Gasteiger partial charge is 0.320 e. The first-order valence-electron chi connectivity index (χ1n) is 6.30. The Hall–Kier alpha value is -0.610. The predicted octanol–water partition coefficient (Wildman–Crippen LogP) is 1.17. The zero-order valence-electron chi connectivity index (χ0n) is 10.4. The van der Waals surface area contributed by atoms with Crippen molar-refractivity contribution >= 4 is 5.97 Å². The summed E-state index contributed by atoms with van der Waals surface area (Å²) in [5, 5.41) is 12.3. The van der Waals surface area contributed by atoms with Gasteiger partial charge in [0.15, 0.2) is 0 Å². The van der Waals surface area contributed by atoms with Gasteiger partial charge in [-0.3, -0.25) is 9.69 Å². The SMILES string of the molecule is CCC(C(=O)O)N1CCC(CCNC)CC1. The Bertz CT molecular complexity index is 213. The third-order valence-electron chi connectivity index (χ3n) is 3.56. The molecule has 4 nitrogen and oxygen atoms in total. The van der Waals surface area contributed by atoms with E-state index in [1.54, 1.807) is 0 Å². The van der Waals surface area contributed by atoms with Crippen LogP contribution in [0.1, 0.15) is 32.6 Å². The third kappa shape index (κ3) is 3.76. The van der Waals surface area contributed by atoms with Crippen molar-refractivity contribution in [3.05, 3.63) is 0 Å². The van der Waals surface area contributed by atoms with Crippen LogP contribution in [0.3, 0.4) is 0 Å². The van der Waals surface area contributed by atoms with E-state index in [0.717, 1.165) is 38.4 Å². The number of hydrogen-bond donors (Lipinski definition) is 2. The molecule has 0 aliphatic carbocycles. The number of rotatable bonds is 6. The van der Waals surface area contributed by atoms with E-state index in [-0.39, 0.29) is 6.04 Å². The molecule has 1 aliphatic rings. The molecule has 2 N–H and O–H groups in total. The van der Waals surface area contributed by atoms with Crippen LogP contribution >= 0.6 is 0 Å². The summed E-state index contributed by atoms with van der Waals surface area (Å²) in [6.07, 6.45) is 4.21. The van der Waals surface area contributed by atoms with E-state index >= 15 is 0 Å². The molecule has 0 aromatic heterocycles. The van der Waals surface area contributed by atoms with Gasteiger partial charge in [0.2, 0.25) is 0 Å². The lowest BCUT2D eigenvalue weighted by Gasteiger charge is -2.35. The highest BCUT2D eigenvalue weighted by atomic mass is 16.4. The van der Waals surface area contributed by atoms with Crippen molar-refractivity contribution in [1.82, 2.24) is 10.2 Å². The molecule has 0 bridgehead atoms. The van der Waals surface area contributed by atoms with Crippen LogP contribution in [0.15, 0.2) is 0 Å². The van der Waals surface area contributed by atoms with Crippen LogP contribution < -0.4 is 5.32 Å². The monoisotopic (exact) mass is 228 g/mol. The number of likely N-dealkylation sites (tertiary alicyclic amines) is 1. The third-order valence-corrected chi connectivity index (χ3v) is 3.56. The average molecular weight is 228 g/mol. The van der Waals surface area contributed by atoms with Gasteiger partial charge in [-0.25, -0.2) is 0 Å². The molecular weight excluding hydrogens is 204 g/mol. The highest BCUT2D eigenvalue weighted by Gasteiger charge is 2.27. The number of nitrogens with one attached hydrogen (secondary N) is 1. The Morgan fingerprint density at radius 2 is 2.12 bits per heavy atom. The number of hydrogen-bond acceptors (Lipinski definition) is 3. The maximum absolute atomic E-state index is 11.0. The molecule has 1 saturated heterocycles. The molecule has 1 atom stereocenters. The van der Waals surface area contributed by atoms with Crippen molar-refractivity contribution in [3.63, 3.8) is 0 Å². The first-order chi connectivity index (χ1) is 7.69. The van der Waals surface area contributed by atoms with Crippen LogP contribution in [0.5, 0.6) is 0 Å². The number of nitrogens with zero attached hydrogens (tertiary/aromatic N) is 1. The van der Waals surface area contributed by atoms with Gasteiger partial charge >= 0.3 is 5.97 Å².